The van der Waals surface area contributed by atoms with E-state index in [0.717, 1.165) is 22.1 Å². The summed E-state index contributed by atoms with van der Waals surface area (Å²) in [6, 6.07) is 0. The molecule has 0 atom stereocenters. The summed E-state index contributed by atoms with van der Waals surface area (Å²) in [6.07, 6.45) is 1.49. The van der Waals surface area contributed by atoms with Gasteiger partial charge in [-0.3, -0.25) is 0 Å². The summed E-state index contributed by atoms with van der Waals surface area (Å²) in [5.41, 5.74) is 2.69. The second-order valence-corrected chi connectivity index (χ2v) is 5.40. The third-order valence-electron chi connectivity index (χ3n) is 3.05. The monoisotopic (exact) mass is 291 g/mol. The van der Waals surface area contributed by atoms with Gasteiger partial charge in [0.05, 0.1) is 17.9 Å². The molecule has 8 heteroatoms. The number of hydrogen-bond acceptors (Lipinski definition) is 6. The predicted molar refractivity (Wildman–Crippen MR) is 74.3 cm³/mol. The van der Waals surface area contributed by atoms with Gasteiger partial charge in [0, 0.05) is 18.1 Å². The molecule has 3 rings (SSSR count). The molecule has 1 aliphatic rings. The third kappa shape index (κ3) is 2.55. The molecule has 0 fully saturated rings. The molecule has 2 N–H and O–H groups in total. The molecular weight excluding hydrogens is 278 g/mol. The number of thiazole rings is 1. The zero-order valence-electron chi connectivity index (χ0n) is 10.8. The van der Waals surface area contributed by atoms with Gasteiger partial charge < -0.3 is 15.3 Å². The van der Waals surface area contributed by atoms with Gasteiger partial charge in [-0.05, 0) is 18.9 Å². The number of nitrogens with zero attached hydrogens (tertiary/aromatic N) is 4. The number of rotatable bonds is 2. The summed E-state index contributed by atoms with van der Waals surface area (Å²) in [4.78, 5) is 25.3. The number of aryl methyl sites for hydroxylation is 1. The van der Waals surface area contributed by atoms with Crippen LogP contribution in [0.15, 0.2) is 11.6 Å². The van der Waals surface area contributed by atoms with E-state index in [1.54, 1.807) is 6.20 Å². The highest BCUT2D eigenvalue weighted by molar-refractivity contribution is 7.13. The van der Waals surface area contributed by atoms with Gasteiger partial charge in [0.15, 0.2) is 5.13 Å². The van der Waals surface area contributed by atoms with Crippen molar-refractivity contribution in [2.75, 3.05) is 11.9 Å². The van der Waals surface area contributed by atoms with E-state index < -0.39 is 6.09 Å². The maximum absolute atomic E-state index is 11.0. The van der Waals surface area contributed by atoms with E-state index in [9.17, 15) is 4.79 Å². The Morgan fingerprint density at radius 3 is 3.05 bits per heavy atom. The molecule has 3 heterocycles. The molecule has 1 aliphatic heterocycles. The lowest BCUT2D eigenvalue weighted by Crippen LogP contribution is -2.35. The average Bonchev–Trinajstić information content (AvgIpc) is 2.83. The smallest absolute Gasteiger partial charge is 0.407 e. The molecular formula is C12H13N5O2S. The van der Waals surface area contributed by atoms with Crippen molar-refractivity contribution in [3.8, 4) is 0 Å². The fourth-order valence-electron chi connectivity index (χ4n) is 2.03. The first-order valence-electron chi connectivity index (χ1n) is 6.13. The Balaban J connectivity index is 1.81. The largest absolute Gasteiger partial charge is 0.465 e. The van der Waals surface area contributed by atoms with Crippen molar-refractivity contribution < 1.29 is 9.90 Å². The summed E-state index contributed by atoms with van der Waals surface area (Å²) < 4.78 is 0. The second-order valence-electron chi connectivity index (χ2n) is 4.54. The first kappa shape index (κ1) is 12.8. The normalized spacial score (nSPS) is 13.9. The molecule has 0 saturated heterocycles. The minimum atomic E-state index is -0.917. The molecule has 2 aromatic rings. The number of nitrogens with one attached hydrogen (secondary N) is 1. The van der Waals surface area contributed by atoms with E-state index in [4.69, 9.17) is 5.11 Å². The zero-order chi connectivity index (χ0) is 14.1. The first-order valence-corrected chi connectivity index (χ1v) is 7.01. The summed E-state index contributed by atoms with van der Waals surface area (Å²) in [6.45, 7) is 2.71. The highest BCUT2D eigenvalue weighted by Crippen LogP contribution is 2.21. The minimum absolute atomic E-state index is 0.304. The number of anilines is 2. The molecule has 0 aliphatic carbocycles. The first-order chi connectivity index (χ1) is 9.61. The molecule has 0 aromatic carbocycles. The summed E-state index contributed by atoms with van der Waals surface area (Å²) in [5, 5.41) is 14.7. The van der Waals surface area contributed by atoms with Gasteiger partial charge in [0.2, 0.25) is 5.95 Å². The van der Waals surface area contributed by atoms with E-state index in [0.29, 0.717) is 25.5 Å². The number of carboxylic acid groups (broad SMARTS) is 1. The number of amides is 1. The van der Waals surface area contributed by atoms with Crippen LogP contribution < -0.4 is 5.32 Å². The zero-order valence-corrected chi connectivity index (χ0v) is 11.6. The van der Waals surface area contributed by atoms with Crippen LogP contribution in [0.2, 0.25) is 0 Å². The fourth-order valence-corrected chi connectivity index (χ4v) is 2.72. The van der Waals surface area contributed by atoms with Crippen LogP contribution in [-0.4, -0.2) is 37.6 Å². The maximum Gasteiger partial charge on any atom is 0.407 e. The van der Waals surface area contributed by atoms with Crippen LogP contribution in [0.5, 0.6) is 0 Å². The Morgan fingerprint density at radius 1 is 1.50 bits per heavy atom. The molecule has 0 spiro atoms. The van der Waals surface area contributed by atoms with Gasteiger partial charge in [-0.2, -0.15) is 0 Å². The standard InChI is InChI=1S/C12H13N5O2S/c1-7-6-20-11(14-7)16-10-13-4-8-2-3-17(12(18)19)5-9(8)15-10/h4,6H,2-3,5H2,1H3,(H,18,19)(H,13,14,15,16). The number of aromatic nitrogens is 3. The summed E-state index contributed by atoms with van der Waals surface area (Å²) in [5.74, 6) is 0.449. The molecule has 1 amide bonds. The lowest BCUT2D eigenvalue weighted by atomic mass is 10.1. The molecule has 0 saturated carbocycles. The highest BCUT2D eigenvalue weighted by atomic mass is 32.1. The van der Waals surface area contributed by atoms with Gasteiger partial charge in [-0.25, -0.2) is 19.7 Å². The molecule has 0 unspecified atom stereocenters. The van der Waals surface area contributed by atoms with Crippen molar-refractivity contribution in [1.29, 1.82) is 0 Å². The highest BCUT2D eigenvalue weighted by Gasteiger charge is 2.21. The Labute approximate surface area is 119 Å². The maximum atomic E-state index is 11.0. The van der Waals surface area contributed by atoms with Gasteiger partial charge in [0.25, 0.3) is 0 Å². The minimum Gasteiger partial charge on any atom is -0.465 e. The van der Waals surface area contributed by atoms with Crippen molar-refractivity contribution in [3.05, 3.63) is 28.5 Å². The van der Waals surface area contributed by atoms with E-state index in [1.165, 1.54) is 16.2 Å². The molecule has 104 valence electrons. The number of carbonyl (C=O) groups is 1. The topological polar surface area (TPSA) is 91.2 Å². The van der Waals surface area contributed by atoms with Crippen LogP contribution in [0.4, 0.5) is 15.9 Å². The molecule has 7 nitrogen and oxygen atoms in total. The van der Waals surface area contributed by atoms with Gasteiger partial charge in [-0.15, -0.1) is 11.3 Å². The predicted octanol–water partition coefficient (Wildman–Crippen LogP) is 2.02. The van der Waals surface area contributed by atoms with E-state index in [2.05, 4.69) is 20.3 Å². The van der Waals surface area contributed by atoms with E-state index in [1.807, 2.05) is 12.3 Å². The lowest BCUT2D eigenvalue weighted by molar-refractivity contribution is 0.139. The lowest BCUT2D eigenvalue weighted by Gasteiger charge is -2.25. The van der Waals surface area contributed by atoms with Crippen LogP contribution in [0.25, 0.3) is 0 Å². The van der Waals surface area contributed by atoms with Crippen LogP contribution in [-0.2, 0) is 13.0 Å². The third-order valence-corrected chi connectivity index (χ3v) is 3.93. The van der Waals surface area contributed by atoms with Crippen LogP contribution in [0, 0.1) is 6.92 Å². The molecule has 0 bridgehead atoms. The van der Waals surface area contributed by atoms with E-state index in [-0.39, 0.29) is 0 Å². The Morgan fingerprint density at radius 2 is 2.35 bits per heavy atom. The molecule has 20 heavy (non-hydrogen) atoms. The van der Waals surface area contributed by atoms with Crippen LogP contribution in [0.3, 0.4) is 0 Å². The quantitative estimate of drug-likeness (QED) is 0.879. The van der Waals surface area contributed by atoms with Crippen LogP contribution in [0.1, 0.15) is 17.0 Å². The Bertz CT molecular complexity index is 657. The SMILES string of the molecule is Cc1csc(Nc2ncc3c(n2)CN(C(=O)O)CC3)n1. The summed E-state index contributed by atoms with van der Waals surface area (Å²) >= 11 is 1.48. The number of fused-ring (bicyclic) bond motifs is 1. The van der Waals surface area contributed by atoms with Crippen molar-refractivity contribution in [1.82, 2.24) is 19.9 Å². The van der Waals surface area contributed by atoms with Crippen molar-refractivity contribution in [3.63, 3.8) is 0 Å². The van der Waals surface area contributed by atoms with Gasteiger partial charge in [0.1, 0.15) is 0 Å². The second kappa shape index (κ2) is 5.04. The Hall–Kier alpha value is -2.22. The van der Waals surface area contributed by atoms with Crippen LogP contribution >= 0.6 is 11.3 Å². The fraction of sp³-hybridized carbons (Fsp3) is 0.333. The average molecular weight is 291 g/mol. The van der Waals surface area contributed by atoms with Gasteiger partial charge >= 0.3 is 6.09 Å². The number of hydrogen-bond donors (Lipinski definition) is 2. The molecule has 2 aromatic heterocycles. The van der Waals surface area contributed by atoms with Crippen molar-refractivity contribution in [2.24, 2.45) is 0 Å². The van der Waals surface area contributed by atoms with Crippen molar-refractivity contribution in [2.45, 2.75) is 19.9 Å². The van der Waals surface area contributed by atoms with E-state index >= 15 is 0 Å². The summed E-state index contributed by atoms with van der Waals surface area (Å²) in [7, 11) is 0. The van der Waals surface area contributed by atoms with Gasteiger partial charge in [-0.1, -0.05) is 0 Å². The molecule has 0 radical (unpaired) electrons. The Kier molecular flexibility index (Phi) is 3.23. The van der Waals surface area contributed by atoms with Crippen molar-refractivity contribution >= 4 is 28.5 Å².